The molecule has 2 heterocycles. The smallest absolute Gasteiger partial charge is 0.266 e. The number of para-hydroxylation sites is 1. The molecule has 0 bridgehead atoms. The highest BCUT2D eigenvalue weighted by Crippen LogP contribution is 2.37. The highest BCUT2D eigenvalue weighted by Gasteiger charge is 2.29. The fourth-order valence-electron chi connectivity index (χ4n) is 2.43. The van der Waals surface area contributed by atoms with Crippen LogP contribution in [-0.4, -0.2) is 16.0 Å². The largest absolute Gasteiger partial charge is 0.322 e. The van der Waals surface area contributed by atoms with E-state index in [2.05, 4.69) is 56.5 Å². The summed E-state index contributed by atoms with van der Waals surface area (Å²) in [6, 6.07) is 8.60. The number of nitrogens with one attached hydrogen (secondary N) is 1. The number of hydrogen-bond donors (Lipinski definition) is 1. The molecule has 1 aromatic heterocycles. The molecule has 18 heavy (non-hydrogen) atoms. The molecule has 0 fully saturated rings. The van der Waals surface area contributed by atoms with Crippen LogP contribution in [0.25, 0.3) is 0 Å². The molecule has 0 aliphatic carbocycles. The second kappa shape index (κ2) is 4.38. The van der Waals surface area contributed by atoms with Crippen LogP contribution in [0, 0.1) is 3.57 Å². The van der Waals surface area contributed by atoms with Crippen molar-refractivity contribution in [3.63, 3.8) is 0 Å². The Hall–Kier alpha value is -1.37. The van der Waals surface area contributed by atoms with E-state index in [1.54, 1.807) is 0 Å². The SMILES string of the molecule is CC1Cc2ccccc2N1c1nc[nH]c(=O)c1I. The molecule has 1 atom stereocenters. The first-order valence-corrected chi connectivity index (χ1v) is 6.86. The summed E-state index contributed by atoms with van der Waals surface area (Å²) in [5.74, 6) is 0.747. The van der Waals surface area contributed by atoms with Gasteiger partial charge in [0.25, 0.3) is 5.56 Å². The van der Waals surface area contributed by atoms with Gasteiger partial charge in [0.05, 0.1) is 6.33 Å². The molecule has 1 aliphatic heterocycles. The van der Waals surface area contributed by atoms with Crippen LogP contribution in [0.1, 0.15) is 12.5 Å². The number of benzene rings is 1. The lowest BCUT2D eigenvalue weighted by Crippen LogP contribution is -2.28. The quantitative estimate of drug-likeness (QED) is 0.802. The maximum Gasteiger partial charge on any atom is 0.266 e. The van der Waals surface area contributed by atoms with Crippen LogP contribution in [0.2, 0.25) is 0 Å². The van der Waals surface area contributed by atoms with Crippen molar-refractivity contribution in [2.24, 2.45) is 0 Å². The predicted octanol–water partition coefficient (Wildman–Crippen LogP) is 2.46. The molecule has 0 saturated carbocycles. The first kappa shape index (κ1) is 11.7. The lowest BCUT2D eigenvalue weighted by Gasteiger charge is -2.24. The molecule has 1 aliphatic rings. The predicted molar refractivity (Wildman–Crippen MR) is 79.3 cm³/mol. The van der Waals surface area contributed by atoms with Crippen molar-refractivity contribution in [1.82, 2.24) is 9.97 Å². The fraction of sp³-hybridized carbons (Fsp3) is 0.231. The molecule has 4 nitrogen and oxygen atoms in total. The zero-order valence-corrected chi connectivity index (χ0v) is 12.0. The number of nitrogens with zero attached hydrogens (tertiary/aromatic N) is 2. The van der Waals surface area contributed by atoms with E-state index in [9.17, 15) is 4.79 Å². The number of anilines is 2. The first-order chi connectivity index (χ1) is 8.68. The number of aromatic nitrogens is 2. The highest BCUT2D eigenvalue weighted by atomic mass is 127. The lowest BCUT2D eigenvalue weighted by atomic mass is 10.1. The van der Waals surface area contributed by atoms with Crippen LogP contribution in [0.3, 0.4) is 0 Å². The minimum Gasteiger partial charge on any atom is -0.322 e. The minimum absolute atomic E-state index is 0.0859. The Bertz CT molecular complexity index is 653. The number of H-pyrrole nitrogens is 1. The molecule has 0 saturated heterocycles. The van der Waals surface area contributed by atoms with Crippen molar-refractivity contribution in [3.8, 4) is 0 Å². The summed E-state index contributed by atoms with van der Waals surface area (Å²) in [5, 5.41) is 0. The molecule has 1 N–H and O–H groups in total. The van der Waals surface area contributed by atoms with Crippen molar-refractivity contribution < 1.29 is 0 Å². The Kier molecular flexibility index (Phi) is 2.85. The van der Waals surface area contributed by atoms with Gasteiger partial charge in [0.2, 0.25) is 0 Å². The zero-order chi connectivity index (χ0) is 12.7. The number of fused-ring (bicyclic) bond motifs is 1. The van der Waals surface area contributed by atoms with Gasteiger partial charge in [-0.05, 0) is 47.6 Å². The first-order valence-electron chi connectivity index (χ1n) is 5.79. The number of rotatable bonds is 1. The van der Waals surface area contributed by atoms with E-state index in [0.29, 0.717) is 9.61 Å². The third-order valence-corrected chi connectivity index (χ3v) is 4.19. The summed E-state index contributed by atoms with van der Waals surface area (Å²) in [6.07, 6.45) is 2.45. The summed E-state index contributed by atoms with van der Waals surface area (Å²) in [5.41, 5.74) is 2.38. The molecule has 1 unspecified atom stereocenters. The Labute approximate surface area is 118 Å². The maximum absolute atomic E-state index is 11.7. The normalized spacial score (nSPS) is 17.9. The average Bonchev–Trinajstić information content (AvgIpc) is 2.69. The number of hydrogen-bond acceptors (Lipinski definition) is 3. The Morgan fingerprint density at radius 3 is 3.06 bits per heavy atom. The summed E-state index contributed by atoms with van der Waals surface area (Å²) in [6.45, 7) is 2.15. The van der Waals surface area contributed by atoms with Gasteiger partial charge in [0.15, 0.2) is 5.82 Å². The molecular weight excluding hydrogens is 341 g/mol. The monoisotopic (exact) mass is 353 g/mol. The van der Waals surface area contributed by atoms with E-state index in [1.807, 2.05) is 12.1 Å². The molecule has 1 aromatic carbocycles. The minimum atomic E-state index is -0.0859. The van der Waals surface area contributed by atoms with E-state index in [1.165, 1.54) is 11.9 Å². The zero-order valence-electron chi connectivity index (χ0n) is 9.85. The van der Waals surface area contributed by atoms with E-state index in [4.69, 9.17) is 0 Å². The molecule has 3 rings (SSSR count). The van der Waals surface area contributed by atoms with Gasteiger partial charge in [-0.2, -0.15) is 0 Å². The van der Waals surface area contributed by atoms with Crippen molar-refractivity contribution in [3.05, 3.63) is 50.1 Å². The van der Waals surface area contributed by atoms with Crippen LogP contribution >= 0.6 is 22.6 Å². The maximum atomic E-state index is 11.7. The third kappa shape index (κ3) is 1.73. The van der Waals surface area contributed by atoms with E-state index in [0.717, 1.165) is 17.9 Å². The van der Waals surface area contributed by atoms with Crippen molar-refractivity contribution in [2.75, 3.05) is 4.90 Å². The summed E-state index contributed by atoms with van der Waals surface area (Å²) in [7, 11) is 0. The Morgan fingerprint density at radius 2 is 2.22 bits per heavy atom. The van der Waals surface area contributed by atoms with Gasteiger partial charge in [0.1, 0.15) is 3.57 Å². The van der Waals surface area contributed by atoms with Gasteiger partial charge in [-0.1, -0.05) is 18.2 Å². The van der Waals surface area contributed by atoms with E-state index < -0.39 is 0 Å². The number of halogens is 1. The molecular formula is C13H12IN3O. The Morgan fingerprint density at radius 1 is 1.44 bits per heavy atom. The van der Waals surface area contributed by atoms with Gasteiger partial charge in [0, 0.05) is 11.7 Å². The lowest BCUT2D eigenvalue weighted by molar-refractivity contribution is 0.746. The standard InChI is InChI=1S/C13H12IN3O/c1-8-6-9-4-2-3-5-10(9)17(8)12-11(14)13(18)16-7-15-12/h2-5,7-8H,6H2,1H3,(H,15,16,18). The van der Waals surface area contributed by atoms with Crippen molar-refractivity contribution in [2.45, 2.75) is 19.4 Å². The van der Waals surface area contributed by atoms with Crippen LogP contribution in [0.4, 0.5) is 11.5 Å². The Balaban J connectivity index is 2.18. The summed E-state index contributed by atoms with van der Waals surface area (Å²) < 4.78 is 0.638. The summed E-state index contributed by atoms with van der Waals surface area (Å²) in [4.78, 5) is 20.8. The molecule has 0 amide bonds. The van der Waals surface area contributed by atoms with Gasteiger partial charge in [-0.3, -0.25) is 4.79 Å². The molecule has 5 heteroatoms. The van der Waals surface area contributed by atoms with Gasteiger partial charge < -0.3 is 9.88 Å². The van der Waals surface area contributed by atoms with Crippen LogP contribution < -0.4 is 10.5 Å². The molecule has 2 aromatic rings. The van der Waals surface area contributed by atoms with E-state index >= 15 is 0 Å². The van der Waals surface area contributed by atoms with Gasteiger partial charge in [-0.15, -0.1) is 0 Å². The van der Waals surface area contributed by atoms with Crippen LogP contribution in [0.15, 0.2) is 35.4 Å². The van der Waals surface area contributed by atoms with Crippen LogP contribution in [-0.2, 0) is 6.42 Å². The molecule has 92 valence electrons. The molecule has 0 radical (unpaired) electrons. The number of aromatic amines is 1. The molecule has 0 spiro atoms. The van der Waals surface area contributed by atoms with E-state index in [-0.39, 0.29) is 5.56 Å². The second-order valence-electron chi connectivity index (χ2n) is 4.42. The average molecular weight is 353 g/mol. The van der Waals surface area contributed by atoms with Crippen LogP contribution in [0.5, 0.6) is 0 Å². The summed E-state index contributed by atoms with van der Waals surface area (Å²) >= 11 is 2.06. The second-order valence-corrected chi connectivity index (χ2v) is 5.50. The van der Waals surface area contributed by atoms with Gasteiger partial charge in [-0.25, -0.2) is 4.98 Å². The van der Waals surface area contributed by atoms with Gasteiger partial charge >= 0.3 is 0 Å². The fourth-order valence-corrected chi connectivity index (χ4v) is 2.98. The topological polar surface area (TPSA) is 49.0 Å². The van der Waals surface area contributed by atoms with Crippen molar-refractivity contribution in [1.29, 1.82) is 0 Å². The van der Waals surface area contributed by atoms with Crippen molar-refractivity contribution >= 4 is 34.1 Å². The third-order valence-electron chi connectivity index (χ3n) is 3.21. The highest BCUT2D eigenvalue weighted by molar-refractivity contribution is 14.1.